The molecule has 0 aromatic heterocycles. The van der Waals surface area contributed by atoms with Gasteiger partial charge in [0, 0.05) is 16.9 Å². The van der Waals surface area contributed by atoms with Gasteiger partial charge in [0.05, 0.1) is 18.2 Å². The second kappa shape index (κ2) is 12.7. The van der Waals surface area contributed by atoms with Gasteiger partial charge in [-0.15, -0.1) is 0 Å². The smallest absolute Gasteiger partial charge is 0.244 e. The summed E-state index contributed by atoms with van der Waals surface area (Å²) in [5, 5.41) is 0.945. The maximum absolute atomic E-state index is 12.5. The van der Waals surface area contributed by atoms with Gasteiger partial charge in [-0.2, -0.15) is 0 Å². The molecule has 0 spiro atoms. The van der Waals surface area contributed by atoms with Crippen LogP contribution in [0.4, 0.5) is 0 Å². The normalized spacial score (nSPS) is 11.1. The molecule has 6 nitrogen and oxygen atoms in total. The minimum Gasteiger partial charge on any atom is -0.493 e. The van der Waals surface area contributed by atoms with E-state index in [0.717, 1.165) is 16.9 Å². The molecule has 0 aliphatic carbocycles. The first-order valence-corrected chi connectivity index (χ1v) is 11.7. The molecule has 0 aliphatic rings. The number of hydrogen-bond donors (Lipinski definition) is 2. The van der Waals surface area contributed by atoms with E-state index in [1.807, 2.05) is 45.9 Å². The lowest BCUT2D eigenvalue weighted by Gasteiger charge is -2.23. The van der Waals surface area contributed by atoms with Crippen LogP contribution in [0.5, 0.6) is 11.5 Å². The van der Waals surface area contributed by atoms with Crippen LogP contribution in [0.3, 0.4) is 0 Å². The molecule has 0 fully saturated rings. The Kier molecular flexibility index (Phi) is 10.3. The Hall–Kier alpha value is -2.44. The summed E-state index contributed by atoms with van der Waals surface area (Å²) in [6.07, 6.45) is 2.01. The van der Waals surface area contributed by atoms with Crippen LogP contribution in [0, 0.1) is 19.3 Å². The maximum Gasteiger partial charge on any atom is 0.244 e. The van der Waals surface area contributed by atoms with Gasteiger partial charge >= 0.3 is 0 Å². The predicted octanol–water partition coefficient (Wildman–Crippen LogP) is 5.80. The van der Waals surface area contributed by atoms with Crippen LogP contribution >= 0.6 is 23.2 Å². The monoisotopic (exact) mass is 494 g/mol. The Morgan fingerprint density at radius 1 is 0.909 bits per heavy atom. The molecule has 0 aliphatic heterocycles. The summed E-state index contributed by atoms with van der Waals surface area (Å²) in [7, 11) is 0. The number of amides is 2. The van der Waals surface area contributed by atoms with E-state index < -0.39 is 5.41 Å². The molecule has 0 saturated carbocycles. The Bertz CT molecular complexity index is 963. The standard InChI is InChI=1S/C25H32Cl2N2O4/c1-17-8-9-18(2)22(15-17)33-14-6-12-25(3,4)24(31)29-28-23(30)7-5-13-32-21-11-10-19(26)16-20(21)27/h8-11,15-16H,5-7,12-14H2,1-4H3,(H,28,30)(H,29,31). The highest BCUT2D eigenvalue weighted by molar-refractivity contribution is 6.35. The number of ether oxygens (including phenoxy) is 2. The summed E-state index contributed by atoms with van der Waals surface area (Å²) >= 11 is 11.9. The zero-order chi connectivity index (χ0) is 24.4. The molecule has 8 heteroatoms. The third-order valence-corrected chi connectivity index (χ3v) is 5.71. The topological polar surface area (TPSA) is 76.7 Å². The fourth-order valence-corrected chi connectivity index (χ4v) is 3.50. The van der Waals surface area contributed by atoms with Crippen molar-refractivity contribution in [3.05, 3.63) is 57.6 Å². The Morgan fingerprint density at radius 3 is 2.33 bits per heavy atom. The number of carbonyl (C=O) groups excluding carboxylic acids is 2. The third-order valence-electron chi connectivity index (χ3n) is 5.18. The van der Waals surface area contributed by atoms with Gasteiger partial charge in [-0.05, 0) is 68.5 Å². The molecular weight excluding hydrogens is 463 g/mol. The molecule has 0 radical (unpaired) electrons. The summed E-state index contributed by atoms with van der Waals surface area (Å²) in [6.45, 7) is 8.55. The van der Waals surface area contributed by atoms with Crippen LogP contribution < -0.4 is 20.3 Å². The number of hydrogen-bond acceptors (Lipinski definition) is 4. The molecule has 2 amide bonds. The maximum atomic E-state index is 12.5. The van der Waals surface area contributed by atoms with E-state index >= 15 is 0 Å². The van der Waals surface area contributed by atoms with Gasteiger partial charge in [-0.3, -0.25) is 20.4 Å². The summed E-state index contributed by atoms with van der Waals surface area (Å²) in [5.74, 6) is 0.847. The van der Waals surface area contributed by atoms with Gasteiger partial charge in [0.25, 0.3) is 0 Å². The summed E-state index contributed by atoms with van der Waals surface area (Å²) in [6, 6.07) is 11.1. The van der Waals surface area contributed by atoms with Gasteiger partial charge in [0.2, 0.25) is 11.8 Å². The van der Waals surface area contributed by atoms with Crippen molar-refractivity contribution in [1.29, 1.82) is 0 Å². The molecule has 0 bridgehead atoms. The largest absolute Gasteiger partial charge is 0.493 e. The average molecular weight is 495 g/mol. The van der Waals surface area contributed by atoms with Crippen LogP contribution in [0.25, 0.3) is 0 Å². The zero-order valence-electron chi connectivity index (χ0n) is 19.6. The van der Waals surface area contributed by atoms with E-state index in [2.05, 4.69) is 10.9 Å². The van der Waals surface area contributed by atoms with Crippen molar-refractivity contribution in [2.24, 2.45) is 5.41 Å². The van der Waals surface area contributed by atoms with Crippen LogP contribution in [0.2, 0.25) is 10.0 Å². The number of halogens is 2. The van der Waals surface area contributed by atoms with E-state index in [-0.39, 0.29) is 18.2 Å². The minimum absolute atomic E-state index is 0.204. The molecule has 0 unspecified atom stereocenters. The fourth-order valence-electron chi connectivity index (χ4n) is 3.04. The number of benzene rings is 2. The second-order valence-corrected chi connectivity index (χ2v) is 9.48. The van der Waals surface area contributed by atoms with Crippen LogP contribution in [-0.4, -0.2) is 25.0 Å². The lowest BCUT2D eigenvalue weighted by Crippen LogP contribution is -2.47. The van der Waals surface area contributed by atoms with Crippen molar-refractivity contribution in [1.82, 2.24) is 10.9 Å². The lowest BCUT2D eigenvalue weighted by molar-refractivity contribution is -0.134. The molecule has 2 rings (SSSR count). The van der Waals surface area contributed by atoms with Gasteiger partial charge in [0.15, 0.2) is 0 Å². The first-order valence-electron chi connectivity index (χ1n) is 11.0. The first kappa shape index (κ1) is 26.8. The van der Waals surface area contributed by atoms with E-state index in [1.165, 1.54) is 0 Å². The molecule has 33 heavy (non-hydrogen) atoms. The predicted molar refractivity (Wildman–Crippen MR) is 132 cm³/mol. The Balaban J connectivity index is 1.64. The molecule has 2 aromatic carbocycles. The fraction of sp³-hybridized carbons (Fsp3) is 0.440. The van der Waals surface area contributed by atoms with Crippen LogP contribution in [0.1, 0.15) is 50.7 Å². The van der Waals surface area contributed by atoms with E-state index in [1.54, 1.807) is 18.2 Å². The number of carbonyl (C=O) groups is 2. The zero-order valence-corrected chi connectivity index (χ0v) is 21.1. The SMILES string of the molecule is Cc1ccc(C)c(OCCCC(C)(C)C(=O)NNC(=O)CCCOc2ccc(Cl)cc2Cl)c1. The van der Waals surface area contributed by atoms with Crippen LogP contribution in [-0.2, 0) is 9.59 Å². The van der Waals surface area contributed by atoms with Crippen molar-refractivity contribution in [3.63, 3.8) is 0 Å². The van der Waals surface area contributed by atoms with Crippen molar-refractivity contribution in [2.75, 3.05) is 13.2 Å². The average Bonchev–Trinajstić information content (AvgIpc) is 2.76. The van der Waals surface area contributed by atoms with Gasteiger partial charge in [-0.25, -0.2) is 0 Å². The van der Waals surface area contributed by atoms with E-state index in [4.69, 9.17) is 32.7 Å². The molecule has 2 aromatic rings. The highest BCUT2D eigenvalue weighted by Crippen LogP contribution is 2.27. The number of nitrogens with one attached hydrogen (secondary N) is 2. The van der Waals surface area contributed by atoms with E-state index in [9.17, 15) is 9.59 Å². The highest BCUT2D eigenvalue weighted by Gasteiger charge is 2.27. The first-order chi connectivity index (χ1) is 15.6. The van der Waals surface area contributed by atoms with Crippen molar-refractivity contribution >= 4 is 35.0 Å². The quantitative estimate of drug-likeness (QED) is 0.305. The highest BCUT2D eigenvalue weighted by atomic mass is 35.5. The summed E-state index contributed by atoms with van der Waals surface area (Å²) in [5.41, 5.74) is 6.57. The third kappa shape index (κ3) is 9.14. The second-order valence-electron chi connectivity index (χ2n) is 8.63. The molecule has 0 saturated heterocycles. The van der Waals surface area contributed by atoms with Gasteiger partial charge < -0.3 is 9.47 Å². The molecule has 180 valence electrons. The van der Waals surface area contributed by atoms with Crippen molar-refractivity contribution in [3.8, 4) is 11.5 Å². The molecule has 0 heterocycles. The number of hydrazine groups is 1. The van der Waals surface area contributed by atoms with Crippen molar-refractivity contribution in [2.45, 2.75) is 53.4 Å². The van der Waals surface area contributed by atoms with Gasteiger partial charge in [-0.1, -0.05) is 49.2 Å². The van der Waals surface area contributed by atoms with Crippen molar-refractivity contribution < 1.29 is 19.1 Å². The number of aryl methyl sites for hydroxylation is 2. The Labute approximate surface area is 205 Å². The summed E-state index contributed by atoms with van der Waals surface area (Å²) in [4.78, 5) is 24.5. The van der Waals surface area contributed by atoms with E-state index in [0.29, 0.717) is 48.3 Å². The lowest BCUT2D eigenvalue weighted by atomic mass is 9.87. The molecule has 0 atom stereocenters. The number of rotatable bonds is 11. The minimum atomic E-state index is -0.646. The Morgan fingerprint density at radius 2 is 1.61 bits per heavy atom. The van der Waals surface area contributed by atoms with Gasteiger partial charge in [0.1, 0.15) is 11.5 Å². The molecule has 2 N–H and O–H groups in total. The molecular formula is C25H32Cl2N2O4. The summed E-state index contributed by atoms with van der Waals surface area (Å²) < 4.78 is 11.4. The van der Waals surface area contributed by atoms with Crippen LogP contribution in [0.15, 0.2) is 36.4 Å².